The Hall–Kier alpha value is -1.86. The van der Waals surface area contributed by atoms with E-state index in [9.17, 15) is 18.0 Å². The Kier molecular flexibility index (Phi) is 4.81. The number of aryl methyl sites for hydroxylation is 1. The molecule has 0 N–H and O–H groups in total. The molecule has 1 amide bonds. The van der Waals surface area contributed by atoms with Crippen molar-refractivity contribution in [1.29, 1.82) is 0 Å². The first-order chi connectivity index (χ1) is 10.6. The van der Waals surface area contributed by atoms with Crippen LogP contribution in [0, 0.1) is 6.92 Å². The summed E-state index contributed by atoms with van der Waals surface area (Å²) < 4.78 is 40.0. The minimum atomic E-state index is -4.51. The Labute approximate surface area is 133 Å². The lowest BCUT2D eigenvalue weighted by Crippen LogP contribution is -2.48. The van der Waals surface area contributed by atoms with Gasteiger partial charge in [0.25, 0.3) is 0 Å². The number of halogens is 3. The van der Waals surface area contributed by atoms with Crippen LogP contribution in [0.1, 0.15) is 43.6 Å². The van der Waals surface area contributed by atoms with E-state index < -0.39 is 11.9 Å². The maximum Gasteiger partial charge on any atom is 0.433 e. The van der Waals surface area contributed by atoms with Crippen LogP contribution in [0.15, 0.2) is 0 Å². The molecule has 23 heavy (non-hydrogen) atoms. The van der Waals surface area contributed by atoms with Gasteiger partial charge in [0.1, 0.15) is 0 Å². The van der Waals surface area contributed by atoms with E-state index in [0.717, 1.165) is 0 Å². The Bertz CT molecular complexity index is 593. The fourth-order valence-electron chi connectivity index (χ4n) is 2.84. The third kappa shape index (κ3) is 3.73. The average Bonchev–Trinajstić information content (AvgIpc) is 2.45. The number of carbonyl (C=O) groups excluding carboxylic acids is 1. The van der Waals surface area contributed by atoms with Crippen molar-refractivity contribution in [1.82, 2.24) is 14.9 Å². The maximum absolute atomic E-state index is 13.3. The number of hydrogen-bond acceptors (Lipinski definition) is 4. The summed E-state index contributed by atoms with van der Waals surface area (Å²) in [6, 6.07) is 0. The van der Waals surface area contributed by atoms with Crippen LogP contribution < -0.4 is 4.90 Å². The molecule has 1 aromatic heterocycles. The lowest BCUT2D eigenvalue weighted by atomic mass is 9.99. The molecule has 0 aliphatic carbocycles. The van der Waals surface area contributed by atoms with Crippen LogP contribution in [0.25, 0.3) is 0 Å². The van der Waals surface area contributed by atoms with Crippen LogP contribution in [0.3, 0.4) is 0 Å². The molecule has 1 aliphatic rings. The highest BCUT2D eigenvalue weighted by Crippen LogP contribution is 2.36. The van der Waals surface area contributed by atoms with Gasteiger partial charge >= 0.3 is 6.18 Å². The minimum Gasteiger partial charge on any atom is -0.339 e. The molecule has 0 saturated carbocycles. The zero-order valence-electron chi connectivity index (χ0n) is 13.7. The Morgan fingerprint density at radius 1 is 1.13 bits per heavy atom. The second-order valence-electron chi connectivity index (χ2n) is 6.02. The van der Waals surface area contributed by atoms with E-state index in [1.54, 1.807) is 30.6 Å². The van der Waals surface area contributed by atoms with E-state index in [1.165, 1.54) is 6.92 Å². The third-order valence-corrected chi connectivity index (χ3v) is 3.98. The second kappa shape index (κ2) is 6.33. The number of anilines is 1. The molecule has 0 bridgehead atoms. The smallest absolute Gasteiger partial charge is 0.339 e. The molecule has 128 valence electrons. The first kappa shape index (κ1) is 17.5. The predicted octanol–water partition coefficient (Wildman–Crippen LogP) is 2.60. The van der Waals surface area contributed by atoms with Gasteiger partial charge in [0.05, 0.1) is 0 Å². The Morgan fingerprint density at radius 3 is 2.13 bits per heavy atom. The molecule has 0 spiro atoms. The summed E-state index contributed by atoms with van der Waals surface area (Å²) in [7, 11) is 0. The summed E-state index contributed by atoms with van der Waals surface area (Å²) in [6.45, 7) is 8.25. The topological polar surface area (TPSA) is 49.3 Å². The fraction of sp³-hybridized carbons (Fsp3) is 0.667. The number of piperazine rings is 1. The van der Waals surface area contributed by atoms with Gasteiger partial charge in [0.2, 0.25) is 11.9 Å². The highest BCUT2D eigenvalue weighted by Gasteiger charge is 2.38. The molecule has 2 heterocycles. The van der Waals surface area contributed by atoms with E-state index in [4.69, 9.17) is 0 Å². The van der Waals surface area contributed by atoms with Gasteiger partial charge in [0.15, 0.2) is 5.69 Å². The molecule has 1 aromatic rings. The molecule has 0 unspecified atom stereocenters. The summed E-state index contributed by atoms with van der Waals surface area (Å²) in [4.78, 5) is 22.8. The van der Waals surface area contributed by atoms with Gasteiger partial charge in [-0.05, 0) is 12.8 Å². The van der Waals surface area contributed by atoms with Crippen LogP contribution in [0.4, 0.5) is 19.1 Å². The zero-order chi connectivity index (χ0) is 17.4. The molecular weight excluding hydrogens is 309 g/mol. The van der Waals surface area contributed by atoms with Gasteiger partial charge in [-0.3, -0.25) is 4.79 Å². The van der Waals surface area contributed by atoms with Crippen LogP contribution >= 0.6 is 0 Å². The summed E-state index contributed by atoms with van der Waals surface area (Å²) in [6.07, 6.45) is -4.51. The van der Waals surface area contributed by atoms with E-state index in [1.807, 2.05) is 0 Å². The quantitative estimate of drug-likeness (QED) is 0.836. The summed E-state index contributed by atoms with van der Waals surface area (Å²) in [5, 5.41) is 0. The Morgan fingerprint density at radius 2 is 1.70 bits per heavy atom. The van der Waals surface area contributed by atoms with Crippen LogP contribution in [0.5, 0.6) is 0 Å². The van der Waals surface area contributed by atoms with Gasteiger partial charge in [-0.15, -0.1) is 0 Å². The highest BCUT2D eigenvalue weighted by atomic mass is 19.4. The average molecular weight is 330 g/mol. The largest absolute Gasteiger partial charge is 0.433 e. The van der Waals surface area contributed by atoms with Gasteiger partial charge in [-0.2, -0.15) is 13.2 Å². The molecule has 1 fully saturated rings. The predicted molar refractivity (Wildman–Crippen MR) is 80.3 cm³/mol. The van der Waals surface area contributed by atoms with Gasteiger partial charge in [0, 0.05) is 44.4 Å². The van der Waals surface area contributed by atoms with E-state index in [-0.39, 0.29) is 23.3 Å². The Balaban J connectivity index is 2.35. The number of carbonyl (C=O) groups is 1. The lowest BCUT2D eigenvalue weighted by molar-refractivity contribution is -0.142. The zero-order valence-corrected chi connectivity index (χ0v) is 13.7. The van der Waals surface area contributed by atoms with Crippen molar-refractivity contribution < 1.29 is 18.0 Å². The summed E-state index contributed by atoms with van der Waals surface area (Å²) in [5.41, 5.74) is -0.362. The second-order valence-corrected chi connectivity index (χ2v) is 6.02. The standard InChI is InChI=1S/C15H21F3N4O/c1-9(2)12-10(3)19-14(20-13(12)15(16,17)18)22-7-5-21(6-8-22)11(4)23/h9H,5-8H2,1-4H3. The van der Waals surface area contributed by atoms with Gasteiger partial charge in [-0.1, -0.05) is 13.8 Å². The first-order valence-electron chi connectivity index (χ1n) is 7.57. The van der Waals surface area contributed by atoms with E-state index in [0.29, 0.717) is 31.9 Å². The molecule has 1 aliphatic heterocycles. The van der Waals surface area contributed by atoms with Crippen molar-refractivity contribution in [3.8, 4) is 0 Å². The number of amides is 1. The molecule has 0 aromatic carbocycles. The van der Waals surface area contributed by atoms with Gasteiger partial charge < -0.3 is 9.80 Å². The van der Waals surface area contributed by atoms with Gasteiger partial charge in [-0.25, -0.2) is 9.97 Å². The van der Waals surface area contributed by atoms with Crippen molar-refractivity contribution in [2.75, 3.05) is 31.1 Å². The number of rotatable bonds is 2. The van der Waals surface area contributed by atoms with Crippen LogP contribution in [-0.4, -0.2) is 47.0 Å². The SMILES string of the molecule is CC(=O)N1CCN(c2nc(C)c(C(C)C)c(C(F)(F)F)n2)CC1. The van der Waals surface area contributed by atoms with E-state index >= 15 is 0 Å². The van der Waals surface area contributed by atoms with E-state index in [2.05, 4.69) is 9.97 Å². The van der Waals surface area contributed by atoms with Crippen LogP contribution in [-0.2, 0) is 11.0 Å². The number of nitrogens with zero attached hydrogens (tertiary/aromatic N) is 4. The monoisotopic (exact) mass is 330 g/mol. The number of alkyl halides is 3. The molecule has 5 nitrogen and oxygen atoms in total. The first-order valence-corrected chi connectivity index (χ1v) is 7.57. The molecular formula is C15H21F3N4O. The van der Waals surface area contributed by atoms with Crippen molar-refractivity contribution >= 4 is 11.9 Å². The minimum absolute atomic E-state index is 0.0344. The lowest BCUT2D eigenvalue weighted by Gasteiger charge is -2.34. The van der Waals surface area contributed by atoms with Crippen molar-refractivity contribution in [3.05, 3.63) is 17.0 Å². The highest BCUT2D eigenvalue weighted by molar-refractivity contribution is 5.73. The molecule has 2 rings (SSSR count). The maximum atomic E-state index is 13.3. The molecule has 0 atom stereocenters. The van der Waals surface area contributed by atoms with Crippen molar-refractivity contribution in [3.63, 3.8) is 0 Å². The van der Waals surface area contributed by atoms with Crippen molar-refractivity contribution in [2.24, 2.45) is 0 Å². The fourth-order valence-corrected chi connectivity index (χ4v) is 2.84. The molecule has 1 saturated heterocycles. The molecule has 8 heteroatoms. The summed E-state index contributed by atoms with van der Waals surface area (Å²) >= 11 is 0. The van der Waals surface area contributed by atoms with Crippen LogP contribution in [0.2, 0.25) is 0 Å². The normalized spacial score (nSPS) is 16.2. The molecule has 0 radical (unpaired) electrons. The number of aromatic nitrogens is 2. The summed E-state index contributed by atoms with van der Waals surface area (Å²) in [5.74, 6) is -0.259. The third-order valence-electron chi connectivity index (χ3n) is 3.98. The van der Waals surface area contributed by atoms with Crippen molar-refractivity contribution in [2.45, 2.75) is 39.8 Å². The number of hydrogen-bond donors (Lipinski definition) is 0.